The lowest BCUT2D eigenvalue weighted by Gasteiger charge is -2.10. The van der Waals surface area contributed by atoms with Crippen molar-refractivity contribution >= 4 is 27.8 Å². The van der Waals surface area contributed by atoms with Gasteiger partial charge in [-0.2, -0.15) is 8.42 Å². The van der Waals surface area contributed by atoms with Crippen LogP contribution in [-0.2, 0) is 14.3 Å². The lowest BCUT2D eigenvalue weighted by atomic mass is 10.1. The first kappa shape index (κ1) is 15.1. The molecule has 0 bridgehead atoms. The largest absolute Gasteiger partial charge is 0.489 e. The number of fused-ring (bicyclic) bond motifs is 1. The molecule has 0 N–H and O–H groups in total. The van der Waals surface area contributed by atoms with Crippen LogP contribution in [0.2, 0.25) is 5.02 Å². The SMILES string of the molecule is COS(=O)(=O)c1cccc(Cl)c1.[2H]c1cccc2c1C=CCO2. The van der Waals surface area contributed by atoms with Crippen LogP contribution in [0.3, 0.4) is 0 Å². The van der Waals surface area contributed by atoms with Gasteiger partial charge in [-0.25, -0.2) is 0 Å². The second-order valence-corrected chi connectivity index (χ2v) is 6.39. The van der Waals surface area contributed by atoms with Gasteiger partial charge in [0.05, 0.1) is 13.4 Å². The Balaban J connectivity index is 0.000000167. The van der Waals surface area contributed by atoms with Gasteiger partial charge in [-0.1, -0.05) is 41.9 Å². The van der Waals surface area contributed by atoms with E-state index >= 15 is 0 Å². The van der Waals surface area contributed by atoms with Gasteiger partial charge in [0.2, 0.25) is 0 Å². The van der Waals surface area contributed by atoms with Crippen molar-refractivity contribution in [2.75, 3.05) is 13.7 Å². The van der Waals surface area contributed by atoms with Crippen LogP contribution in [0, 0.1) is 0 Å². The molecule has 0 saturated carbocycles. The van der Waals surface area contributed by atoms with Crippen molar-refractivity contribution in [2.24, 2.45) is 0 Å². The van der Waals surface area contributed by atoms with Gasteiger partial charge in [0.25, 0.3) is 10.1 Å². The van der Waals surface area contributed by atoms with Gasteiger partial charge in [0.15, 0.2) is 0 Å². The molecule has 2 aromatic carbocycles. The predicted octanol–water partition coefficient (Wildman–Crippen LogP) is 3.77. The minimum absolute atomic E-state index is 0.0671. The Hall–Kier alpha value is -1.82. The summed E-state index contributed by atoms with van der Waals surface area (Å²) in [7, 11) is -2.50. The van der Waals surface area contributed by atoms with Crippen molar-refractivity contribution in [3.63, 3.8) is 0 Å². The highest BCUT2D eigenvalue weighted by molar-refractivity contribution is 7.86. The first-order valence-electron chi connectivity index (χ1n) is 6.89. The van der Waals surface area contributed by atoms with Crippen LogP contribution >= 0.6 is 11.6 Å². The smallest absolute Gasteiger partial charge is 0.296 e. The van der Waals surface area contributed by atoms with Crippen LogP contribution < -0.4 is 4.74 Å². The average Bonchev–Trinajstić information content (AvgIpc) is 2.56. The number of ether oxygens (including phenoxy) is 1. The zero-order valence-corrected chi connectivity index (χ0v) is 13.4. The van der Waals surface area contributed by atoms with E-state index in [0.29, 0.717) is 17.7 Å². The lowest BCUT2D eigenvalue weighted by Crippen LogP contribution is -2.02. The highest BCUT2D eigenvalue weighted by Gasteiger charge is 2.12. The maximum absolute atomic E-state index is 11.1. The molecule has 0 aliphatic carbocycles. The Morgan fingerprint density at radius 3 is 2.77 bits per heavy atom. The molecule has 0 fully saturated rings. The van der Waals surface area contributed by atoms with Crippen LogP contribution in [-0.4, -0.2) is 22.1 Å². The zero-order valence-electron chi connectivity index (χ0n) is 12.8. The second-order valence-electron chi connectivity index (χ2n) is 4.24. The van der Waals surface area contributed by atoms with Crippen molar-refractivity contribution in [2.45, 2.75) is 4.90 Å². The topological polar surface area (TPSA) is 52.6 Å². The summed E-state index contributed by atoms with van der Waals surface area (Å²) in [6.07, 6.45) is 3.85. The van der Waals surface area contributed by atoms with Gasteiger partial charge in [-0.3, -0.25) is 4.18 Å². The van der Waals surface area contributed by atoms with E-state index < -0.39 is 10.1 Å². The number of hydrogen-bond acceptors (Lipinski definition) is 4. The molecule has 0 saturated heterocycles. The van der Waals surface area contributed by atoms with E-state index in [4.69, 9.17) is 17.7 Å². The van der Waals surface area contributed by atoms with Gasteiger partial charge in [-0.05, 0) is 30.3 Å². The Morgan fingerprint density at radius 1 is 1.27 bits per heavy atom. The normalized spacial score (nSPS) is 13.3. The fraction of sp³-hybridized carbons (Fsp3) is 0.125. The summed E-state index contributed by atoms with van der Waals surface area (Å²) in [5, 5.41) is 0.369. The van der Waals surface area contributed by atoms with E-state index in [2.05, 4.69) is 4.18 Å². The van der Waals surface area contributed by atoms with Gasteiger partial charge < -0.3 is 4.74 Å². The fourth-order valence-corrected chi connectivity index (χ4v) is 2.68. The molecule has 0 spiro atoms. The van der Waals surface area contributed by atoms with Gasteiger partial charge in [0, 0.05) is 10.6 Å². The summed E-state index contributed by atoms with van der Waals surface area (Å²) in [5.74, 6) is 0.819. The van der Waals surface area contributed by atoms with Crippen LogP contribution in [0.25, 0.3) is 6.08 Å². The van der Waals surface area contributed by atoms with Crippen LogP contribution in [0.1, 0.15) is 6.93 Å². The van der Waals surface area contributed by atoms with Crippen molar-refractivity contribution in [1.82, 2.24) is 0 Å². The molecular formula is C16H15ClO4S. The molecule has 3 rings (SSSR count). The number of rotatable bonds is 2. The second kappa shape index (κ2) is 7.45. The number of benzene rings is 2. The molecule has 0 amide bonds. The molecule has 1 aliphatic heterocycles. The monoisotopic (exact) mass is 339 g/mol. The van der Waals surface area contributed by atoms with Gasteiger partial charge in [0.1, 0.15) is 12.4 Å². The highest BCUT2D eigenvalue weighted by atomic mass is 35.5. The minimum Gasteiger partial charge on any atom is -0.489 e. The highest BCUT2D eigenvalue weighted by Crippen LogP contribution is 2.21. The Kier molecular flexibility index (Phi) is 5.11. The maximum atomic E-state index is 11.1. The predicted molar refractivity (Wildman–Crippen MR) is 86.6 cm³/mol. The molecule has 1 aliphatic rings. The molecule has 4 nitrogen and oxygen atoms in total. The fourth-order valence-electron chi connectivity index (χ4n) is 1.71. The zero-order chi connectivity index (χ0) is 16.9. The third-order valence-electron chi connectivity index (χ3n) is 2.77. The molecule has 0 atom stereocenters. The molecule has 6 heteroatoms. The van der Waals surface area contributed by atoms with Gasteiger partial charge >= 0.3 is 0 Å². The Bertz CT molecular complexity index is 819. The minimum atomic E-state index is -3.61. The van der Waals surface area contributed by atoms with Crippen molar-refractivity contribution < 1.29 is 18.7 Å². The standard InChI is InChI=1S/C9H8O.C7H7ClO3S/c1-2-6-9-8(4-1)5-3-7-10-9;1-11-12(9,10)7-4-2-3-6(8)5-7/h1-6H,7H2;2-5H,1H3/i4D;. The van der Waals surface area contributed by atoms with E-state index in [0.717, 1.165) is 18.4 Å². The van der Waals surface area contributed by atoms with Crippen molar-refractivity contribution in [1.29, 1.82) is 0 Å². The summed E-state index contributed by atoms with van der Waals surface area (Å²) >= 11 is 5.59. The summed E-state index contributed by atoms with van der Waals surface area (Å²) in [6, 6.07) is 11.9. The van der Waals surface area contributed by atoms with Crippen LogP contribution in [0.4, 0.5) is 0 Å². The van der Waals surface area contributed by atoms with E-state index in [1.54, 1.807) is 18.2 Å². The Labute approximate surface area is 136 Å². The molecule has 0 aromatic heterocycles. The molecule has 116 valence electrons. The average molecular weight is 340 g/mol. The number of halogens is 1. The number of hydrogen-bond donors (Lipinski definition) is 0. The lowest BCUT2D eigenvalue weighted by molar-refractivity contribution is 0.358. The maximum Gasteiger partial charge on any atom is 0.296 e. The molecule has 2 aromatic rings. The summed E-state index contributed by atoms with van der Waals surface area (Å²) in [5.41, 5.74) is 0.888. The van der Waals surface area contributed by atoms with E-state index in [1.807, 2.05) is 24.3 Å². The first-order chi connectivity index (χ1) is 10.9. The quantitative estimate of drug-likeness (QED) is 0.781. The van der Waals surface area contributed by atoms with Crippen LogP contribution in [0.15, 0.2) is 59.5 Å². The summed E-state index contributed by atoms with van der Waals surface area (Å²) < 4.78 is 39.3. The molecular weight excluding hydrogens is 324 g/mol. The van der Waals surface area contributed by atoms with Crippen molar-refractivity contribution in [3.8, 4) is 5.75 Å². The third kappa shape index (κ3) is 4.34. The van der Waals surface area contributed by atoms with Crippen LogP contribution in [0.5, 0.6) is 5.75 Å². The van der Waals surface area contributed by atoms with Gasteiger partial charge in [-0.15, -0.1) is 0 Å². The molecule has 22 heavy (non-hydrogen) atoms. The molecule has 0 radical (unpaired) electrons. The summed E-state index contributed by atoms with van der Waals surface area (Å²) in [6.45, 7) is 0.621. The molecule has 1 heterocycles. The van der Waals surface area contributed by atoms with E-state index in [-0.39, 0.29) is 4.90 Å². The Morgan fingerprint density at radius 2 is 2.09 bits per heavy atom. The third-order valence-corrected chi connectivity index (χ3v) is 4.28. The van der Waals surface area contributed by atoms with E-state index in [9.17, 15) is 8.42 Å². The van der Waals surface area contributed by atoms with E-state index in [1.165, 1.54) is 12.1 Å². The number of para-hydroxylation sites is 1. The first-order valence-corrected chi connectivity index (χ1v) is 8.18. The summed E-state index contributed by atoms with van der Waals surface area (Å²) in [4.78, 5) is 0.0671. The molecule has 0 unspecified atom stereocenters. The van der Waals surface area contributed by atoms with Crippen molar-refractivity contribution in [3.05, 3.63) is 65.2 Å².